The molecule has 0 aliphatic heterocycles. The lowest BCUT2D eigenvalue weighted by molar-refractivity contribution is 0.0954. The van der Waals surface area contributed by atoms with Crippen LogP contribution in [0.25, 0.3) is 11.0 Å². The van der Waals surface area contributed by atoms with E-state index in [1.165, 1.54) is 31.2 Å². The fraction of sp³-hybridized carbons (Fsp3) is 0.500. The van der Waals surface area contributed by atoms with Crippen molar-refractivity contribution in [2.45, 2.75) is 58.8 Å². The first-order chi connectivity index (χ1) is 9.70. The summed E-state index contributed by atoms with van der Waals surface area (Å²) in [5.74, 6) is 0.647. The minimum atomic E-state index is 0.134. The molecule has 0 radical (unpaired) electrons. The first-order valence-corrected chi connectivity index (χ1v) is 7.74. The largest absolute Gasteiger partial charge is 0.453 e. The van der Waals surface area contributed by atoms with Crippen LogP contribution in [0, 0.1) is 6.92 Å². The zero-order valence-corrected chi connectivity index (χ0v) is 12.6. The summed E-state index contributed by atoms with van der Waals surface area (Å²) in [5, 5.41) is 1.02. The Balaban J connectivity index is 1.85. The number of unbranched alkanes of at least 4 members (excludes halogenated alkanes) is 5. The number of carbonyl (C=O) groups excluding carboxylic acids is 1. The van der Waals surface area contributed by atoms with Crippen LogP contribution in [0.2, 0.25) is 0 Å². The minimum Gasteiger partial charge on any atom is -0.453 e. The highest BCUT2D eigenvalue weighted by atomic mass is 16.3. The van der Waals surface area contributed by atoms with Crippen LogP contribution in [0.15, 0.2) is 28.7 Å². The smallest absolute Gasteiger partial charge is 0.198 e. The van der Waals surface area contributed by atoms with Gasteiger partial charge in [0.1, 0.15) is 5.58 Å². The van der Waals surface area contributed by atoms with Crippen molar-refractivity contribution in [2.75, 3.05) is 0 Å². The van der Waals surface area contributed by atoms with Crippen molar-refractivity contribution < 1.29 is 9.21 Å². The predicted molar refractivity (Wildman–Crippen MR) is 83.3 cm³/mol. The van der Waals surface area contributed by atoms with E-state index >= 15 is 0 Å². The van der Waals surface area contributed by atoms with Crippen LogP contribution in [0.1, 0.15) is 68.0 Å². The average molecular weight is 272 g/mol. The molecule has 2 nitrogen and oxygen atoms in total. The van der Waals surface area contributed by atoms with E-state index in [0.29, 0.717) is 12.2 Å². The maximum absolute atomic E-state index is 12.1. The Morgan fingerprint density at radius 2 is 1.80 bits per heavy atom. The van der Waals surface area contributed by atoms with Crippen molar-refractivity contribution in [1.29, 1.82) is 0 Å². The number of ketones is 1. The van der Waals surface area contributed by atoms with Gasteiger partial charge in [0.05, 0.1) is 0 Å². The second-order valence-electron chi connectivity index (χ2n) is 5.59. The Hall–Kier alpha value is -1.57. The molecule has 20 heavy (non-hydrogen) atoms. The standard InChI is InChI=1S/C18H24O2/c1-3-4-5-6-7-8-9-16(19)18-13-15-12-14(2)10-11-17(15)20-18/h10-13H,3-9H2,1-2H3. The number of rotatable bonds is 8. The lowest BCUT2D eigenvalue weighted by atomic mass is 10.1. The molecule has 0 spiro atoms. The number of fused-ring (bicyclic) bond motifs is 1. The molecule has 108 valence electrons. The molecule has 1 aromatic carbocycles. The predicted octanol–water partition coefficient (Wildman–Crippen LogP) is 5.67. The molecule has 0 atom stereocenters. The van der Waals surface area contributed by atoms with Gasteiger partial charge in [0.2, 0.25) is 0 Å². The fourth-order valence-electron chi connectivity index (χ4n) is 2.49. The number of Topliss-reactive ketones (excluding diaryl/α,β-unsaturated/α-hetero) is 1. The van der Waals surface area contributed by atoms with Gasteiger partial charge in [-0.2, -0.15) is 0 Å². The summed E-state index contributed by atoms with van der Waals surface area (Å²) in [7, 11) is 0. The highest BCUT2D eigenvalue weighted by molar-refractivity contribution is 5.97. The van der Waals surface area contributed by atoms with Crippen LogP contribution in [0.3, 0.4) is 0 Å². The van der Waals surface area contributed by atoms with Gasteiger partial charge in [0.15, 0.2) is 11.5 Å². The van der Waals surface area contributed by atoms with Gasteiger partial charge >= 0.3 is 0 Å². The van der Waals surface area contributed by atoms with Crippen molar-refractivity contribution >= 4 is 16.8 Å². The van der Waals surface area contributed by atoms with E-state index in [9.17, 15) is 4.79 Å². The van der Waals surface area contributed by atoms with E-state index in [4.69, 9.17) is 4.42 Å². The second kappa shape index (κ2) is 7.28. The van der Waals surface area contributed by atoms with Crippen LogP contribution in [-0.4, -0.2) is 5.78 Å². The lowest BCUT2D eigenvalue weighted by Gasteiger charge is -1.99. The van der Waals surface area contributed by atoms with Crippen molar-refractivity contribution in [3.63, 3.8) is 0 Å². The third-order valence-corrected chi connectivity index (χ3v) is 3.70. The third kappa shape index (κ3) is 3.96. The van der Waals surface area contributed by atoms with Gasteiger partial charge in [-0.25, -0.2) is 0 Å². The van der Waals surface area contributed by atoms with Crippen LogP contribution < -0.4 is 0 Å². The van der Waals surface area contributed by atoms with Crippen LogP contribution in [0.5, 0.6) is 0 Å². The lowest BCUT2D eigenvalue weighted by Crippen LogP contribution is -1.96. The Morgan fingerprint density at radius 1 is 1.05 bits per heavy atom. The van der Waals surface area contributed by atoms with Gasteiger partial charge in [0, 0.05) is 11.8 Å². The highest BCUT2D eigenvalue weighted by Crippen LogP contribution is 2.22. The van der Waals surface area contributed by atoms with E-state index in [1.54, 1.807) is 0 Å². The Bertz CT molecular complexity index is 566. The third-order valence-electron chi connectivity index (χ3n) is 3.70. The molecule has 0 amide bonds. The average Bonchev–Trinajstić information content (AvgIpc) is 2.85. The molecule has 0 fully saturated rings. The van der Waals surface area contributed by atoms with Crippen molar-refractivity contribution in [3.05, 3.63) is 35.6 Å². The summed E-state index contributed by atoms with van der Waals surface area (Å²) < 4.78 is 5.63. The number of aryl methyl sites for hydroxylation is 1. The van der Waals surface area contributed by atoms with Crippen LogP contribution in [-0.2, 0) is 0 Å². The Labute approximate surface area is 121 Å². The summed E-state index contributed by atoms with van der Waals surface area (Å²) >= 11 is 0. The molecule has 2 rings (SSSR count). The molecular weight excluding hydrogens is 248 g/mol. The second-order valence-corrected chi connectivity index (χ2v) is 5.59. The normalized spacial score (nSPS) is 11.1. The molecule has 0 N–H and O–H groups in total. The van der Waals surface area contributed by atoms with E-state index in [2.05, 4.69) is 13.0 Å². The SMILES string of the molecule is CCCCCCCCC(=O)c1cc2cc(C)ccc2o1. The van der Waals surface area contributed by atoms with Gasteiger partial charge in [-0.15, -0.1) is 0 Å². The van der Waals surface area contributed by atoms with Crippen LogP contribution in [0.4, 0.5) is 0 Å². The van der Waals surface area contributed by atoms with E-state index in [-0.39, 0.29) is 5.78 Å². The molecule has 0 aliphatic rings. The maximum atomic E-state index is 12.1. The molecule has 0 aliphatic carbocycles. The van der Waals surface area contributed by atoms with Crippen LogP contribution >= 0.6 is 0 Å². The molecule has 0 saturated carbocycles. The minimum absolute atomic E-state index is 0.134. The van der Waals surface area contributed by atoms with E-state index in [1.807, 2.05) is 25.1 Å². The summed E-state index contributed by atoms with van der Waals surface area (Å²) in [6.45, 7) is 4.26. The van der Waals surface area contributed by atoms with Crippen molar-refractivity contribution in [2.24, 2.45) is 0 Å². The Kier molecular flexibility index (Phi) is 5.40. The summed E-state index contributed by atoms with van der Waals surface area (Å²) in [5.41, 5.74) is 2.00. The van der Waals surface area contributed by atoms with E-state index < -0.39 is 0 Å². The van der Waals surface area contributed by atoms with Gasteiger partial charge in [-0.05, 0) is 31.5 Å². The van der Waals surface area contributed by atoms with Crippen molar-refractivity contribution in [1.82, 2.24) is 0 Å². The van der Waals surface area contributed by atoms with Gasteiger partial charge in [-0.3, -0.25) is 4.79 Å². The first-order valence-electron chi connectivity index (χ1n) is 7.74. The van der Waals surface area contributed by atoms with Gasteiger partial charge in [0.25, 0.3) is 0 Å². The number of hydrogen-bond donors (Lipinski definition) is 0. The Morgan fingerprint density at radius 3 is 2.60 bits per heavy atom. The molecule has 0 saturated heterocycles. The van der Waals surface area contributed by atoms with Crippen molar-refractivity contribution in [3.8, 4) is 0 Å². The van der Waals surface area contributed by atoms with E-state index in [0.717, 1.165) is 23.8 Å². The molecule has 0 bridgehead atoms. The summed E-state index contributed by atoms with van der Waals surface area (Å²) in [6.07, 6.45) is 7.80. The molecule has 2 heteroatoms. The fourth-order valence-corrected chi connectivity index (χ4v) is 2.49. The molecule has 1 aromatic heterocycles. The topological polar surface area (TPSA) is 30.2 Å². The number of benzene rings is 1. The molecule has 1 heterocycles. The quantitative estimate of drug-likeness (QED) is 0.457. The monoisotopic (exact) mass is 272 g/mol. The molecular formula is C18H24O2. The number of hydrogen-bond acceptors (Lipinski definition) is 2. The first kappa shape index (κ1) is 14.8. The molecule has 0 unspecified atom stereocenters. The zero-order chi connectivity index (χ0) is 14.4. The van der Waals surface area contributed by atoms with Gasteiger partial charge < -0.3 is 4.42 Å². The maximum Gasteiger partial charge on any atom is 0.198 e. The number of furan rings is 1. The molecule has 2 aromatic rings. The zero-order valence-electron chi connectivity index (χ0n) is 12.6. The summed E-state index contributed by atoms with van der Waals surface area (Å²) in [4.78, 5) is 12.1. The number of carbonyl (C=O) groups is 1. The summed E-state index contributed by atoms with van der Waals surface area (Å²) in [6, 6.07) is 7.88. The van der Waals surface area contributed by atoms with Gasteiger partial charge in [-0.1, -0.05) is 50.7 Å². The highest BCUT2D eigenvalue weighted by Gasteiger charge is 2.11.